The molecule has 0 aliphatic carbocycles. The minimum Gasteiger partial charge on any atom is -0.472 e. The van der Waals surface area contributed by atoms with E-state index in [0.717, 1.165) is 12.1 Å². The lowest BCUT2D eigenvalue weighted by atomic mass is 9.92. The lowest BCUT2D eigenvalue weighted by Crippen LogP contribution is -2.52. The number of likely N-dealkylation sites (tertiary alicyclic amines) is 1. The van der Waals surface area contributed by atoms with Gasteiger partial charge in [-0.25, -0.2) is 4.39 Å². The summed E-state index contributed by atoms with van der Waals surface area (Å²) in [4.78, 5) is 29.3. The van der Waals surface area contributed by atoms with Crippen molar-refractivity contribution in [3.8, 4) is 0 Å². The van der Waals surface area contributed by atoms with Crippen molar-refractivity contribution in [1.82, 2.24) is 15.1 Å². The van der Waals surface area contributed by atoms with Crippen molar-refractivity contribution in [3.05, 3.63) is 59.8 Å². The lowest BCUT2D eigenvalue weighted by Gasteiger charge is -2.40. The molecule has 2 saturated heterocycles. The van der Waals surface area contributed by atoms with E-state index in [9.17, 15) is 14.0 Å². The van der Waals surface area contributed by atoms with Crippen LogP contribution in [0.15, 0.2) is 47.3 Å². The molecule has 1 atom stereocenters. The molecule has 2 aliphatic rings. The van der Waals surface area contributed by atoms with Crippen LogP contribution < -0.4 is 5.32 Å². The maximum Gasteiger partial charge on any atom is 0.257 e. The average molecular weight is 385 g/mol. The number of piperidine rings is 1. The van der Waals surface area contributed by atoms with Crippen molar-refractivity contribution in [2.24, 2.45) is 5.92 Å². The zero-order valence-electron chi connectivity index (χ0n) is 15.6. The fraction of sp³-hybridized carbons (Fsp3) is 0.429. The number of carbonyl (C=O) groups is 2. The molecule has 28 heavy (non-hydrogen) atoms. The summed E-state index contributed by atoms with van der Waals surface area (Å²) in [6, 6.07) is 7.96. The molecule has 2 fully saturated rings. The number of furan rings is 1. The number of carbonyl (C=O) groups excluding carboxylic acids is 2. The molecule has 0 bridgehead atoms. The molecule has 1 unspecified atom stereocenters. The van der Waals surface area contributed by atoms with Crippen LogP contribution in [0.3, 0.4) is 0 Å². The van der Waals surface area contributed by atoms with Gasteiger partial charge in [0.05, 0.1) is 17.9 Å². The fourth-order valence-electron chi connectivity index (χ4n) is 4.11. The highest BCUT2D eigenvalue weighted by Gasteiger charge is 2.35. The first-order valence-corrected chi connectivity index (χ1v) is 9.71. The van der Waals surface area contributed by atoms with Gasteiger partial charge < -0.3 is 19.5 Å². The van der Waals surface area contributed by atoms with E-state index in [2.05, 4.69) is 5.32 Å². The third-order valence-electron chi connectivity index (χ3n) is 5.66. The third kappa shape index (κ3) is 3.80. The van der Waals surface area contributed by atoms with Crippen LogP contribution in [-0.4, -0.2) is 54.3 Å². The van der Waals surface area contributed by atoms with Crippen molar-refractivity contribution in [2.75, 3.05) is 32.7 Å². The van der Waals surface area contributed by atoms with Gasteiger partial charge >= 0.3 is 0 Å². The Kier molecular flexibility index (Phi) is 5.43. The number of benzene rings is 1. The molecule has 148 valence electrons. The number of nitrogens with one attached hydrogen (secondary N) is 1. The molecule has 2 aromatic rings. The number of hydrogen-bond acceptors (Lipinski definition) is 4. The number of piperazine rings is 1. The lowest BCUT2D eigenvalue weighted by molar-refractivity contribution is -0.140. The van der Waals surface area contributed by atoms with Gasteiger partial charge in [0.2, 0.25) is 5.91 Å². The second-order valence-electron chi connectivity index (χ2n) is 7.39. The highest BCUT2D eigenvalue weighted by Crippen LogP contribution is 2.28. The van der Waals surface area contributed by atoms with Crippen LogP contribution in [0.4, 0.5) is 4.39 Å². The largest absolute Gasteiger partial charge is 0.472 e. The van der Waals surface area contributed by atoms with Crippen molar-refractivity contribution in [2.45, 2.75) is 18.9 Å². The van der Waals surface area contributed by atoms with E-state index in [0.29, 0.717) is 44.6 Å². The number of rotatable bonds is 3. The van der Waals surface area contributed by atoms with Crippen LogP contribution in [0.5, 0.6) is 0 Å². The van der Waals surface area contributed by atoms with Gasteiger partial charge in [-0.2, -0.15) is 0 Å². The van der Waals surface area contributed by atoms with E-state index in [1.165, 1.54) is 24.7 Å². The van der Waals surface area contributed by atoms with E-state index in [1.54, 1.807) is 17.0 Å². The van der Waals surface area contributed by atoms with Crippen molar-refractivity contribution in [1.29, 1.82) is 0 Å². The highest BCUT2D eigenvalue weighted by atomic mass is 19.1. The Morgan fingerprint density at radius 1 is 1.14 bits per heavy atom. The molecular formula is C21H24FN3O3. The Morgan fingerprint density at radius 2 is 1.96 bits per heavy atom. The van der Waals surface area contributed by atoms with Gasteiger partial charge in [-0.3, -0.25) is 9.59 Å². The first-order chi connectivity index (χ1) is 13.6. The Hall–Kier alpha value is -2.67. The van der Waals surface area contributed by atoms with Crippen LogP contribution in [0.25, 0.3) is 0 Å². The molecule has 7 heteroatoms. The molecule has 1 N–H and O–H groups in total. The molecule has 1 aromatic carbocycles. The van der Waals surface area contributed by atoms with E-state index < -0.39 is 0 Å². The maximum absolute atomic E-state index is 13.7. The van der Waals surface area contributed by atoms with E-state index in [1.807, 2.05) is 11.0 Å². The molecule has 0 saturated carbocycles. The minimum absolute atomic E-state index is 0.0561. The Bertz CT molecular complexity index is 831. The predicted molar refractivity (Wildman–Crippen MR) is 101 cm³/mol. The number of hydrogen-bond donors (Lipinski definition) is 1. The Morgan fingerprint density at radius 3 is 2.68 bits per heavy atom. The number of nitrogens with zero attached hydrogens (tertiary/aromatic N) is 2. The van der Waals surface area contributed by atoms with Gasteiger partial charge in [-0.15, -0.1) is 0 Å². The second-order valence-corrected chi connectivity index (χ2v) is 7.39. The van der Waals surface area contributed by atoms with Crippen LogP contribution >= 0.6 is 0 Å². The quantitative estimate of drug-likeness (QED) is 0.881. The van der Waals surface area contributed by atoms with Crippen LogP contribution in [0.1, 0.15) is 34.8 Å². The summed E-state index contributed by atoms with van der Waals surface area (Å²) in [7, 11) is 0. The van der Waals surface area contributed by atoms with E-state index >= 15 is 0 Å². The zero-order chi connectivity index (χ0) is 19.5. The summed E-state index contributed by atoms with van der Waals surface area (Å²) < 4.78 is 18.7. The normalized spacial score (nSPS) is 21.0. The van der Waals surface area contributed by atoms with Crippen molar-refractivity contribution >= 4 is 11.8 Å². The Labute approximate surface area is 163 Å². The smallest absolute Gasteiger partial charge is 0.257 e. The maximum atomic E-state index is 13.7. The second kappa shape index (κ2) is 8.14. The first kappa shape index (κ1) is 18.7. The molecule has 4 rings (SSSR count). The molecule has 1 aromatic heterocycles. The molecule has 6 nitrogen and oxygen atoms in total. The standard InChI is InChI=1S/C21H24FN3O3/c22-18-3-1-2-16(12-18)19-13-23-7-10-25(19)21(27)15-4-8-24(9-5-15)20(26)17-6-11-28-14-17/h1-3,6,11-12,14-15,19,23H,4-5,7-10,13H2. The first-order valence-electron chi connectivity index (χ1n) is 9.71. The summed E-state index contributed by atoms with van der Waals surface area (Å²) in [5.41, 5.74) is 1.35. The van der Waals surface area contributed by atoms with Gasteiger partial charge in [0, 0.05) is 38.6 Å². The summed E-state index contributed by atoms with van der Waals surface area (Å²) >= 11 is 0. The monoisotopic (exact) mass is 385 g/mol. The topological polar surface area (TPSA) is 65.8 Å². The van der Waals surface area contributed by atoms with Crippen LogP contribution in [-0.2, 0) is 4.79 Å². The van der Waals surface area contributed by atoms with Gasteiger partial charge in [-0.05, 0) is 36.6 Å². The zero-order valence-corrected chi connectivity index (χ0v) is 15.6. The summed E-state index contributed by atoms with van der Waals surface area (Å²) in [6.45, 7) is 3.06. The number of amides is 2. The van der Waals surface area contributed by atoms with Gasteiger partial charge in [0.1, 0.15) is 12.1 Å². The van der Waals surface area contributed by atoms with Crippen molar-refractivity contribution in [3.63, 3.8) is 0 Å². The van der Waals surface area contributed by atoms with Crippen molar-refractivity contribution < 1.29 is 18.4 Å². The molecule has 2 amide bonds. The average Bonchev–Trinajstić information content (AvgIpc) is 3.28. The van der Waals surface area contributed by atoms with E-state index in [-0.39, 0.29) is 29.6 Å². The highest BCUT2D eigenvalue weighted by molar-refractivity contribution is 5.94. The molecule has 2 aliphatic heterocycles. The SMILES string of the molecule is O=C(c1ccoc1)N1CCC(C(=O)N2CCNCC2c2cccc(F)c2)CC1. The number of halogens is 1. The van der Waals surface area contributed by atoms with Gasteiger partial charge in [0.25, 0.3) is 5.91 Å². The molecular weight excluding hydrogens is 361 g/mol. The molecule has 3 heterocycles. The van der Waals surface area contributed by atoms with E-state index in [4.69, 9.17) is 4.42 Å². The predicted octanol–water partition coefficient (Wildman–Crippen LogP) is 2.44. The van der Waals surface area contributed by atoms with Gasteiger partial charge in [0.15, 0.2) is 0 Å². The molecule has 0 radical (unpaired) electrons. The summed E-state index contributed by atoms with van der Waals surface area (Å²) in [5, 5.41) is 3.30. The summed E-state index contributed by atoms with van der Waals surface area (Å²) in [6.07, 6.45) is 4.22. The van der Waals surface area contributed by atoms with Gasteiger partial charge in [-0.1, -0.05) is 12.1 Å². The fourth-order valence-corrected chi connectivity index (χ4v) is 4.11. The summed E-state index contributed by atoms with van der Waals surface area (Å²) in [5.74, 6) is -0.352. The van der Waals surface area contributed by atoms with Crippen LogP contribution in [0, 0.1) is 11.7 Å². The van der Waals surface area contributed by atoms with Crippen LogP contribution in [0.2, 0.25) is 0 Å². The molecule has 0 spiro atoms. The Balaban J connectivity index is 1.41. The minimum atomic E-state index is -0.290. The third-order valence-corrected chi connectivity index (χ3v) is 5.66.